The van der Waals surface area contributed by atoms with Gasteiger partial charge in [-0.15, -0.1) is 0 Å². The average molecular weight is 237 g/mol. The van der Waals surface area contributed by atoms with E-state index in [-0.39, 0.29) is 11.7 Å². The third kappa shape index (κ3) is 4.38. The topological polar surface area (TPSA) is 68.1 Å². The van der Waals surface area contributed by atoms with Gasteiger partial charge in [0.2, 0.25) is 0 Å². The summed E-state index contributed by atoms with van der Waals surface area (Å²) >= 11 is 0. The molecule has 0 aromatic carbocycles. The van der Waals surface area contributed by atoms with Gasteiger partial charge in [-0.3, -0.25) is 15.1 Å². The Labute approximate surface area is 101 Å². The Morgan fingerprint density at radius 1 is 1.41 bits per heavy atom. The summed E-state index contributed by atoms with van der Waals surface area (Å²) in [7, 11) is 0. The van der Waals surface area contributed by atoms with Gasteiger partial charge >= 0.3 is 5.69 Å². The van der Waals surface area contributed by atoms with Gasteiger partial charge in [-0.05, 0) is 31.7 Å². The summed E-state index contributed by atoms with van der Waals surface area (Å²) in [6, 6.07) is 1.86. The minimum Gasteiger partial charge on any atom is -0.377 e. The standard InChI is InChI=1S/C12H19N3O2/c1-9(2)4-5-10(3)14-11-6-7-13-8-12(11)15(16)17/h6-10H,4-5H2,1-3H3,(H,13,14). The van der Waals surface area contributed by atoms with E-state index in [0.717, 1.165) is 12.8 Å². The first-order valence-corrected chi connectivity index (χ1v) is 5.85. The lowest BCUT2D eigenvalue weighted by atomic mass is 10.0. The van der Waals surface area contributed by atoms with Crippen LogP contribution in [0, 0.1) is 16.0 Å². The van der Waals surface area contributed by atoms with Crippen LogP contribution in [-0.2, 0) is 0 Å². The van der Waals surface area contributed by atoms with Crippen LogP contribution >= 0.6 is 0 Å². The van der Waals surface area contributed by atoms with Crippen LogP contribution in [0.25, 0.3) is 0 Å². The van der Waals surface area contributed by atoms with E-state index in [1.54, 1.807) is 12.3 Å². The maximum atomic E-state index is 10.8. The highest BCUT2D eigenvalue weighted by Gasteiger charge is 2.14. The normalized spacial score (nSPS) is 12.5. The van der Waals surface area contributed by atoms with Gasteiger partial charge in [0, 0.05) is 12.2 Å². The van der Waals surface area contributed by atoms with E-state index < -0.39 is 4.92 Å². The number of nitrogens with one attached hydrogen (secondary N) is 1. The summed E-state index contributed by atoms with van der Waals surface area (Å²) in [5.74, 6) is 0.645. The number of nitrogens with zero attached hydrogens (tertiary/aromatic N) is 2. The van der Waals surface area contributed by atoms with Crippen molar-refractivity contribution >= 4 is 11.4 Å². The molecule has 0 aliphatic carbocycles. The van der Waals surface area contributed by atoms with Gasteiger partial charge in [-0.2, -0.15) is 0 Å². The molecule has 0 spiro atoms. The van der Waals surface area contributed by atoms with Crippen LogP contribution in [0.3, 0.4) is 0 Å². The third-order valence-electron chi connectivity index (χ3n) is 2.58. The number of aromatic nitrogens is 1. The van der Waals surface area contributed by atoms with Crippen molar-refractivity contribution in [2.75, 3.05) is 5.32 Å². The minimum atomic E-state index is -0.412. The molecule has 0 amide bonds. The molecule has 0 aliphatic heterocycles. The largest absolute Gasteiger partial charge is 0.377 e. The molecule has 94 valence electrons. The average Bonchev–Trinajstić information content (AvgIpc) is 2.27. The van der Waals surface area contributed by atoms with Gasteiger partial charge in [0.15, 0.2) is 0 Å². The SMILES string of the molecule is CC(C)CCC(C)Nc1ccncc1[N+](=O)[O-]. The number of anilines is 1. The van der Waals surface area contributed by atoms with E-state index in [4.69, 9.17) is 0 Å². The number of nitro groups is 1. The fourth-order valence-electron chi connectivity index (χ4n) is 1.57. The third-order valence-corrected chi connectivity index (χ3v) is 2.58. The zero-order chi connectivity index (χ0) is 12.8. The fourth-order valence-corrected chi connectivity index (χ4v) is 1.57. The first-order chi connectivity index (χ1) is 8.00. The molecule has 5 nitrogen and oxygen atoms in total. The molecule has 0 bridgehead atoms. The maximum absolute atomic E-state index is 10.8. The fraction of sp³-hybridized carbons (Fsp3) is 0.583. The molecule has 0 radical (unpaired) electrons. The predicted octanol–water partition coefficient (Wildman–Crippen LogP) is 3.23. The number of hydrogen-bond donors (Lipinski definition) is 1. The lowest BCUT2D eigenvalue weighted by Gasteiger charge is -2.16. The van der Waals surface area contributed by atoms with Gasteiger partial charge in [-0.25, -0.2) is 0 Å². The second-order valence-corrected chi connectivity index (χ2v) is 4.67. The highest BCUT2D eigenvalue weighted by atomic mass is 16.6. The summed E-state index contributed by atoms with van der Waals surface area (Å²) in [5.41, 5.74) is 0.574. The molecule has 17 heavy (non-hydrogen) atoms. The van der Waals surface area contributed by atoms with Gasteiger partial charge in [-0.1, -0.05) is 13.8 Å². The Morgan fingerprint density at radius 2 is 2.12 bits per heavy atom. The summed E-state index contributed by atoms with van der Waals surface area (Å²) in [5, 5.41) is 14.0. The Balaban J connectivity index is 2.64. The van der Waals surface area contributed by atoms with Gasteiger partial charge < -0.3 is 5.32 Å². The van der Waals surface area contributed by atoms with Crippen LogP contribution in [0.4, 0.5) is 11.4 Å². The van der Waals surface area contributed by atoms with Gasteiger partial charge in [0.1, 0.15) is 11.9 Å². The Hall–Kier alpha value is -1.65. The van der Waals surface area contributed by atoms with E-state index in [9.17, 15) is 10.1 Å². The molecule has 0 saturated carbocycles. The zero-order valence-electron chi connectivity index (χ0n) is 10.5. The Morgan fingerprint density at radius 3 is 2.71 bits per heavy atom. The molecule has 1 rings (SSSR count). The zero-order valence-corrected chi connectivity index (χ0v) is 10.5. The van der Waals surface area contributed by atoms with Crippen molar-refractivity contribution in [2.45, 2.75) is 39.7 Å². The Kier molecular flexibility index (Phi) is 4.87. The molecular weight excluding hydrogens is 218 g/mol. The molecular formula is C12H19N3O2. The first kappa shape index (κ1) is 13.4. The minimum absolute atomic E-state index is 0.0314. The van der Waals surface area contributed by atoms with E-state index in [2.05, 4.69) is 24.1 Å². The maximum Gasteiger partial charge on any atom is 0.310 e. The van der Waals surface area contributed by atoms with Crippen LogP contribution < -0.4 is 5.32 Å². The smallest absolute Gasteiger partial charge is 0.310 e. The molecule has 5 heteroatoms. The number of hydrogen-bond acceptors (Lipinski definition) is 4. The Bertz CT molecular complexity index is 380. The van der Waals surface area contributed by atoms with Crippen LogP contribution in [-0.4, -0.2) is 15.9 Å². The van der Waals surface area contributed by atoms with Crippen molar-refractivity contribution in [3.63, 3.8) is 0 Å². The van der Waals surface area contributed by atoms with E-state index >= 15 is 0 Å². The molecule has 1 N–H and O–H groups in total. The highest BCUT2D eigenvalue weighted by molar-refractivity contribution is 5.59. The molecule has 1 aromatic rings. The quantitative estimate of drug-likeness (QED) is 0.609. The second kappa shape index (κ2) is 6.18. The molecule has 1 unspecified atom stereocenters. The highest BCUT2D eigenvalue weighted by Crippen LogP contribution is 2.23. The number of rotatable bonds is 6. The van der Waals surface area contributed by atoms with Crippen LogP contribution in [0.5, 0.6) is 0 Å². The molecule has 1 heterocycles. The second-order valence-electron chi connectivity index (χ2n) is 4.67. The monoisotopic (exact) mass is 237 g/mol. The van der Waals surface area contributed by atoms with Crippen LogP contribution in [0.2, 0.25) is 0 Å². The summed E-state index contributed by atoms with van der Waals surface area (Å²) in [6.45, 7) is 6.37. The lowest BCUT2D eigenvalue weighted by molar-refractivity contribution is -0.384. The summed E-state index contributed by atoms with van der Waals surface area (Å²) in [6.07, 6.45) is 4.94. The van der Waals surface area contributed by atoms with Crippen molar-refractivity contribution in [3.8, 4) is 0 Å². The molecule has 0 saturated heterocycles. The van der Waals surface area contributed by atoms with Crippen LogP contribution in [0.15, 0.2) is 18.5 Å². The predicted molar refractivity (Wildman–Crippen MR) is 68.0 cm³/mol. The van der Waals surface area contributed by atoms with Crippen molar-refractivity contribution in [1.29, 1.82) is 0 Å². The van der Waals surface area contributed by atoms with Crippen molar-refractivity contribution in [2.24, 2.45) is 5.92 Å². The molecule has 1 atom stereocenters. The van der Waals surface area contributed by atoms with E-state index in [1.165, 1.54) is 6.20 Å². The van der Waals surface area contributed by atoms with Crippen molar-refractivity contribution in [1.82, 2.24) is 4.98 Å². The van der Waals surface area contributed by atoms with Crippen LogP contribution in [0.1, 0.15) is 33.6 Å². The number of pyridine rings is 1. The lowest BCUT2D eigenvalue weighted by Crippen LogP contribution is -2.16. The molecule has 1 aromatic heterocycles. The summed E-state index contributed by atoms with van der Waals surface area (Å²) < 4.78 is 0. The van der Waals surface area contributed by atoms with Gasteiger partial charge in [0.05, 0.1) is 4.92 Å². The van der Waals surface area contributed by atoms with E-state index in [1.807, 2.05) is 6.92 Å². The van der Waals surface area contributed by atoms with Gasteiger partial charge in [0.25, 0.3) is 0 Å². The molecule has 0 fully saturated rings. The van der Waals surface area contributed by atoms with E-state index in [0.29, 0.717) is 11.6 Å². The molecule has 0 aliphatic rings. The first-order valence-electron chi connectivity index (χ1n) is 5.85. The van der Waals surface area contributed by atoms with Crippen molar-refractivity contribution < 1.29 is 4.92 Å². The summed E-state index contributed by atoms with van der Waals surface area (Å²) in [4.78, 5) is 14.1. The van der Waals surface area contributed by atoms with Crippen molar-refractivity contribution in [3.05, 3.63) is 28.6 Å².